The summed E-state index contributed by atoms with van der Waals surface area (Å²) in [6.45, 7) is 2.75. The van der Waals surface area contributed by atoms with Crippen LogP contribution in [-0.2, 0) is 9.53 Å². The van der Waals surface area contributed by atoms with Gasteiger partial charge in [0.15, 0.2) is 0 Å². The number of carboxylic acid groups (broad SMARTS) is 1. The monoisotopic (exact) mass is 327 g/mol. The van der Waals surface area contributed by atoms with E-state index in [1.54, 1.807) is 7.11 Å². The van der Waals surface area contributed by atoms with Crippen LogP contribution in [0, 0.1) is 0 Å². The first-order chi connectivity index (χ1) is 11.0. The van der Waals surface area contributed by atoms with Crippen LogP contribution in [0.1, 0.15) is 45.4 Å². The van der Waals surface area contributed by atoms with Gasteiger partial charge < -0.3 is 20.5 Å². The van der Waals surface area contributed by atoms with E-state index in [4.69, 9.17) is 9.84 Å². The quantitative estimate of drug-likeness (QED) is 0.653. The minimum Gasteiger partial charge on any atom is -0.480 e. The van der Waals surface area contributed by atoms with E-state index in [1.807, 2.05) is 11.8 Å². The van der Waals surface area contributed by atoms with Gasteiger partial charge in [-0.05, 0) is 32.2 Å². The van der Waals surface area contributed by atoms with Crippen LogP contribution in [0.2, 0.25) is 0 Å². The largest absolute Gasteiger partial charge is 0.480 e. The molecule has 2 aliphatic carbocycles. The van der Waals surface area contributed by atoms with Gasteiger partial charge in [-0.15, -0.1) is 0 Å². The van der Waals surface area contributed by atoms with Crippen molar-refractivity contribution in [3.8, 4) is 0 Å². The standard InChI is InChI=1S/C16H29N3O4/c1-3-19(10-15(20)21)12-8-11(9-12)17-16(22)18-13-6-4-5-7-14(13)23-2/h11-14H,3-10H2,1-2H3,(H,20,21)(H2,17,18,22). The van der Waals surface area contributed by atoms with Crippen LogP contribution in [0.25, 0.3) is 0 Å². The minimum absolute atomic E-state index is 0.0671. The lowest BCUT2D eigenvalue weighted by Gasteiger charge is -2.42. The molecule has 2 rings (SSSR count). The number of carbonyl (C=O) groups is 2. The Morgan fingerprint density at radius 3 is 2.52 bits per heavy atom. The summed E-state index contributed by atoms with van der Waals surface area (Å²) in [5, 5.41) is 14.9. The Balaban J connectivity index is 1.70. The molecule has 0 radical (unpaired) electrons. The molecular formula is C16H29N3O4. The molecule has 2 atom stereocenters. The fourth-order valence-electron chi connectivity index (χ4n) is 3.62. The molecule has 2 amide bonds. The van der Waals surface area contributed by atoms with E-state index >= 15 is 0 Å². The number of nitrogens with zero attached hydrogens (tertiary/aromatic N) is 1. The fraction of sp³-hybridized carbons (Fsp3) is 0.875. The van der Waals surface area contributed by atoms with Crippen molar-refractivity contribution in [1.82, 2.24) is 15.5 Å². The Hall–Kier alpha value is -1.34. The summed E-state index contributed by atoms with van der Waals surface area (Å²) in [5.74, 6) is -0.802. The third-order valence-corrected chi connectivity index (χ3v) is 5.03. The molecule has 0 aromatic carbocycles. The molecule has 0 aromatic rings. The Bertz CT molecular complexity index is 412. The summed E-state index contributed by atoms with van der Waals surface area (Å²) in [6.07, 6.45) is 5.96. The van der Waals surface area contributed by atoms with Gasteiger partial charge in [0.2, 0.25) is 0 Å². The lowest BCUT2D eigenvalue weighted by molar-refractivity contribution is -0.139. The van der Waals surface area contributed by atoms with E-state index in [9.17, 15) is 9.59 Å². The zero-order valence-corrected chi connectivity index (χ0v) is 14.1. The lowest BCUT2D eigenvalue weighted by atomic mass is 9.85. The minimum atomic E-state index is -0.802. The van der Waals surface area contributed by atoms with Gasteiger partial charge in [-0.1, -0.05) is 19.8 Å². The van der Waals surface area contributed by atoms with Gasteiger partial charge in [-0.25, -0.2) is 4.79 Å². The molecule has 3 N–H and O–H groups in total. The molecule has 2 unspecified atom stereocenters. The molecule has 2 fully saturated rings. The number of ether oxygens (including phenoxy) is 1. The van der Waals surface area contributed by atoms with Gasteiger partial charge in [0.25, 0.3) is 0 Å². The second kappa shape index (κ2) is 8.49. The number of carboxylic acids is 1. The zero-order valence-electron chi connectivity index (χ0n) is 14.1. The van der Waals surface area contributed by atoms with E-state index in [2.05, 4.69) is 10.6 Å². The zero-order chi connectivity index (χ0) is 16.8. The fourth-order valence-corrected chi connectivity index (χ4v) is 3.62. The average molecular weight is 327 g/mol. The number of methoxy groups -OCH3 is 1. The summed E-state index contributed by atoms with van der Waals surface area (Å²) in [6, 6.07) is 0.336. The van der Waals surface area contributed by atoms with Crippen LogP contribution in [0.4, 0.5) is 4.79 Å². The van der Waals surface area contributed by atoms with Crippen LogP contribution in [0.3, 0.4) is 0 Å². The molecule has 23 heavy (non-hydrogen) atoms. The van der Waals surface area contributed by atoms with E-state index in [1.165, 1.54) is 0 Å². The van der Waals surface area contributed by atoms with E-state index < -0.39 is 5.97 Å². The molecule has 0 saturated heterocycles. The highest BCUT2D eigenvalue weighted by Crippen LogP contribution is 2.26. The first-order valence-electron chi connectivity index (χ1n) is 8.59. The Kier molecular flexibility index (Phi) is 6.65. The molecular weight excluding hydrogens is 298 g/mol. The Labute approximate surface area is 137 Å². The molecule has 0 aliphatic heterocycles. The van der Waals surface area contributed by atoms with Gasteiger partial charge in [-0.3, -0.25) is 9.69 Å². The Morgan fingerprint density at radius 2 is 1.91 bits per heavy atom. The maximum Gasteiger partial charge on any atom is 0.317 e. The molecule has 0 bridgehead atoms. The van der Waals surface area contributed by atoms with Crippen molar-refractivity contribution in [2.45, 2.75) is 69.7 Å². The normalized spacial score (nSPS) is 30.6. The van der Waals surface area contributed by atoms with Crippen molar-refractivity contribution in [2.75, 3.05) is 20.2 Å². The predicted molar refractivity (Wildman–Crippen MR) is 86.4 cm³/mol. The van der Waals surface area contributed by atoms with Crippen LogP contribution < -0.4 is 10.6 Å². The van der Waals surface area contributed by atoms with E-state index in [0.717, 1.165) is 38.5 Å². The van der Waals surface area contributed by atoms with E-state index in [0.29, 0.717) is 6.54 Å². The summed E-state index contributed by atoms with van der Waals surface area (Å²) in [5.41, 5.74) is 0. The van der Waals surface area contributed by atoms with Gasteiger partial charge in [0, 0.05) is 19.2 Å². The van der Waals surface area contributed by atoms with Crippen LogP contribution >= 0.6 is 0 Å². The third kappa shape index (κ3) is 5.07. The smallest absolute Gasteiger partial charge is 0.317 e. The first-order valence-corrected chi connectivity index (χ1v) is 8.59. The molecule has 7 heteroatoms. The highest BCUT2D eigenvalue weighted by molar-refractivity contribution is 5.74. The van der Waals surface area contributed by atoms with Gasteiger partial charge in [0.05, 0.1) is 18.7 Å². The molecule has 0 spiro atoms. The number of aliphatic carboxylic acids is 1. The predicted octanol–water partition coefficient (Wildman–Crippen LogP) is 1.18. The number of carbonyl (C=O) groups excluding carboxylic acids is 1. The number of amides is 2. The second-order valence-corrected chi connectivity index (χ2v) is 6.56. The lowest BCUT2D eigenvalue weighted by Crippen LogP contribution is -2.58. The van der Waals surface area contributed by atoms with Crippen molar-refractivity contribution >= 4 is 12.0 Å². The number of hydrogen-bond acceptors (Lipinski definition) is 4. The number of nitrogens with one attached hydrogen (secondary N) is 2. The number of rotatable bonds is 7. The maximum absolute atomic E-state index is 12.1. The molecule has 7 nitrogen and oxygen atoms in total. The van der Waals surface area contributed by atoms with Gasteiger partial charge in [-0.2, -0.15) is 0 Å². The highest BCUT2D eigenvalue weighted by Gasteiger charge is 2.35. The van der Waals surface area contributed by atoms with Crippen molar-refractivity contribution in [2.24, 2.45) is 0 Å². The van der Waals surface area contributed by atoms with Crippen molar-refractivity contribution in [3.63, 3.8) is 0 Å². The van der Waals surface area contributed by atoms with Crippen LogP contribution in [0.5, 0.6) is 0 Å². The molecule has 132 valence electrons. The summed E-state index contributed by atoms with van der Waals surface area (Å²) in [7, 11) is 1.70. The van der Waals surface area contributed by atoms with Crippen LogP contribution in [-0.4, -0.2) is 66.4 Å². The van der Waals surface area contributed by atoms with Crippen molar-refractivity contribution in [1.29, 1.82) is 0 Å². The number of urea groups is 1. The third-order valence-electron chi connectivity index (χ3n) is 5.03. The van der Waals surface area contributed by atoms with Gasteiger partial charge in [0.1, 0.15) is 0 Å². The van der Waals surface area contributed by atoms with Crippen molar-refractivity contribution < 1.29 is 19.4 Å². The average Bonchev–Trinajstić information content (AvgIpc) is 2.48. The molecule has 0 heterocycles. The molecule has 2 aliphatic rings. The van der Waals surface area contributed by atoms with Gasteiger partial charge >= 0.3 is 12.0 Å². The summed E-state index contributed by atoms with van der Waals surface area (Å²) < 4.78 is 5.45. The van der Waals surface area contributed by atoms with E-state index in [-0.39, 0.29) is 36.8 Å². The number of likely N-dealkylation sites (N-methyl/N-ethyl adjacent to an activating group) is 1. The molecule has 0 aromatic heterocycles. The second-order valence-electron chi connectivity index (χ2n) is 6.56. The van der Waals surface area contributed by atoms with Crippen molar-refractivity contribution in [3.05, 3.63) is 0 Å². The Morgan fingerprint density at radius 1 is 1.22 bits per heavy atom. The summed E-state index contributed by atoms with van der Waals surface area (Å²) >= 11 is 0. The number of hydrogen-bond donors (Lipinski definition) is 3. The summed E-state index contributed by atoms with van der Waals surface area (Å²) in [4.78, 5) is 24.9. The molecule has 2 saturated carbocycles. The topological polar surface area (TPSA) is 90.9 Å². The maximum atomic E-state index is 12.1. The SMILES string of the molecule is CCN(CC(=O)O)C1CC(NC(=O)NC2CCCCC2OC)C1. The first kappa shape index (κ1) is 18.0. The highest BCUT2D eigenvalue weighted by atomic mass is 16.5. The van der Waals surface area contributed by atoms with Crippen LogP contribution in [0.15, 0.2) is 0 Å².